The summed E-state index contributed by atoms with van der Waals surface area (Å²) in [6.45, 7) is 6.16. The average molecular weight is 306 g/mol. The van der Waals surface area contributed by atoms with E-state index in [4.69, 9.17) is 0 Å². The van der Waals surface area contributed by atoms with E-state index < -0.39 is 0 Å². The minimum absolute atomic E-state index is 0.138. The third-order valence-electron chi connectivity index (χ3n) is 2.89. The van der Waals surface area contributed by atoms with Crippen LogP contribution < -0.4 is 5.32 Å². The van der Waals surface area contributed by atoms with E-state index in [1.807, 2.05) is 13.0 Å². The average Bonchev–Trinajstić information content (AvgIpc) is 2.33. The van der Waals surface area contributed by atoms with Crippen LogP contribution in [0.1, 0.15) is 29.9 Å². The summed E-state index contributed by atoms with van der Waals surface area (Å²) in [5, 5.41) is 3.47. The summed E-state index contributed by atoms with van der Waals surface area (Å²) in [5.74, 6) is 0. The van der Waals surface area contributed by atoms with Crippen LogP contribution in [0.2, 0.25) is 0 Å². The van der Waals surface area contributed by atoms with Crippen LogP contribution in [0, 0.1) is 13.8 Å². The van der Waals surface area contributed by atoms with E-state index in [2.05, 4.69) is 57.2 Å². The van der Waals surface area contributed by atoms with Crippen molar-refractivity contribution in [2.45, 2.75) is 26.8 Å². The Morgan fingerprint density at radius 1 is 1.17 bits per heavy atom. The monoisotopic (exact) mass is 305 g/mol. The van der Waals surface area contributed by atoms with E-state index in [1.54, 1.807) is 12.4 Å². The molecule has 0 fully saturated rings. The van der Waals surface area contributed by atoms with Crippen molar-refractivity contribution in [1.29, 1.82) is 0 Å². The number of nitrogens with zero attached hydrogens (tertiary/aromatic N) is 2. The molecule has 18 heavy (non-hydrogen) atoms. The number of halogens is 1. The second kappa shape index (κ2) is 5.48. The number of aryl methyl sites for hydroxylation is 2. The van der Waals surface area contributed by atoms with Gasteiger partial charge in [0, 0.05) is 22.6 Å². The Kier molecular flexibility index (Phi) is 3.97. The van der Waals surface area contributed by atoms with Gasteiger partial charge in [-0.2, -0.15) is 0 Å². The van der Waals surface area contributed by atoms with Gasteiger partial charge in [0.05, 0.1) is 17.4 Å². The van der Waals surface area contributed by atoms with Crippen LogP contribution in [0.3, 0.4) is 0 Å². The lowest BCUT2D eigenvalue weighted by atomic mass is 10.1. The van der Waals surface area contributed by atoms with Crippen molar-refractivity contribution in [3.63, 3.8) is 0 Å². The standard InChI is InChI=1S/C14H16BrN3/c1-9-8-12(15)4-5-13(9)18-11(3)14-10(2)16-6-7-17-14/h4-8,11,18H,1-3H3. The maximum Gasteiger partial charge on any atom is 0.0835 e. The molecule has 0 aliphatic carbocycles. The molecule has 1 N–H and O–H groups in total. The van der Waals surface area contributed by atoms with E-state index in [0.717, 1.165) is 21.5 Å². The summed E-state index contributed by atoms with van der Waals surface area (Å²) in [6, 6.07) is 6.34. The minimum atomic E-state index is 0.138. The Morgan fingerprint density at radius 3 is 2.56 bits per heavy atom. The molecule has 0 saturated heterocycles. The first kappa shape index (κ1) is 13.0. The molecule has 1 heterocycles. The summed E-state index contributed by atoms with van der Waals surface area (Å²) in [7, 11) is 0. The molecule has 4 heteroatoms. The smallest absolute Gasteiger partial charge is 0.0835 e. The van der Waals surface area contributed by atoms with Gasteiger partial charge in [0.1, 0.15) is 0 Å². The molecule has 0 bridgehead atoms. The molecule has 0 radical (unpaired) electrons. The molecule has 0 aliphatic heterocycles. The van der Waals surface area contributed by atoms with Crippen LogP contribution >= 0.6 is 15.9 Å². The van der Waals surface area contributed by atoms with Gasteiger partial charge in [-0.15, -0.1) is 0 Å². The fourth-order valence-corrected chi connectivity index (χ4v) is 2.41. The molecule has 94 valence electrons. The van der Waals surface area contributed by atoms with Crippen molar-refractivity contribution in [3.8, 4) is 0 Å². The molecule has 2 aromatic rings. The van der Waals surface area contributed by atoms with Gasteiger partial charge >= 0.3 is 0 Å². The summed E-state index contributed by atoms with van der Waals surface area (Å²) in [6.07, 6.45) is 3.45. The Hall–Kier alpha value is -1.42. The van der Waals surface area contributed by atoms with Crippen molar-refractivity contribution in [3.05, 3.63) is 52.0 Å². The maximum absolute atomic E-state index is 4.39. The molecule has 1 aromatic carbocycles. The normalized spacial score (nSPS) is 12.2. The molecule has 1 unspecified atom stereocenters. The van der Waals surface area contributed by atoms with E-state index in [9.17, 15) is 0 Å². The van der Waals surface area contributed by atoms with Crippen molar-refractivity contribution >= 4 is 21.6 Å². The lowest BCUT2D eigenvalue weighted by molar-refractivity contribution is 0.809. The highest BCUT2D eigenvalue weighted by molar-refractivity contribution is 9.10. The van der Waals surface area contributed by atoms with E-state index in [0.29, 0.717) is 0 Å². The summed E-state index contributed by atoms with van der Waals surface area (Å²) in [4.78, 5) is 8.66. The van der Waals surface area contributed by atoms with Crippen LogP contribution in [-0.4, -0.2) is 9.97 Å². The van der Waals surface area contributed by atoms with Gasteiger partial charge in [-0.3, -0.25) is 9.97 Å². The number of aromatic nitrogens is 2. The third kappa shape index (κ3) is 2.88. The summed E-state index contributed by atoms with van der Waals surface area (Å²) >= 11 is 3.47. The molecule has 0 aliphatic rings. The highest BCUT2D eigenvalue weighted by Crippen LogP contribution is 2.24. The largest absolute Gasteiger partial charge is 0.377 e. The van der Waals surface area contributed by atoms with Crippen molar-refractivity contribution < 1.29 is 0 Å². The zero-order valence-corrected chi connectivity index (χ0v) is 12.3. The number of hydrogen-bond donors (Lipinski definition) is 1. The number of nitrogens with one attached hydrogen (secondary N) is 1. The van der Waals surface area contributed by atoms with E-state index in [-0.39, 0.29) is 6.04 Å². The van der Waals surface area contributed by atoms with Gasteiger partial charge in [-0.25, -0.2) is 0 Å². The Balaban J connectivity index is 2.21. The lowest BCUT2D eigenvalue weighted by Crippen LogP contribution is -2.11. The van der Waals surface area contributed by atoms with Crippen LogP contribution in [0.4, 0.5) is 5.69 Å². The fourth-order valence-electron chi connectivity index (χ4n) is 1.93. The van der Waals surface area contributed by atoms with Crippen LogP contribution in [-0.2, 0) is 0 Å². The first-order chi connectivity index (χ1) is 8.58. The van der Waals surface area contributed by atoms with Crippen molar-refractivity contribution in [2.24, 2.45) is 0 Å². The molecular formula is C14H16BrN3. The van der Waals surface area contributed by atoms with E-state index >= 15 is 0 Å². The predicted molar refractivity (Wildman–Crippen MR) is 77.7 cm³/mol. The Bertz CT molecular complexity index is 554. The number of hydrogen-bond acceptors (Lipinski definition) is 3. The minimum Gasteiger partial charge on any atom is -0.377 e. The van der Waals surface area contributed by atoms with Crippen LogP contribution in [0.25, 0.3) is 0 Å². The summed E-state index contributed by atoms with van der Waals surface area (Å²) < 4.78 is 1.09. The molecule has 2 rings (SSSR count). The zero-order valence-electron chi connectivity index (χ0n) is 10.7. The second-order valence-electron chi connectivity index (χ2n) is 4.35. The van der Waals surface area contributed by atoms with Gasteiger partial charge in [0.25, 0.3) is 0 Å². The first-order valence-corrected chi connectivity index (χ1v) is 6.67. The quantitative estimate of drug-likeness (QED) is 0.930. The van der Waals surface area contributed by atoms with Gasteiger partial charge in [0.15, 0.2) is 0 Å². The number of anilines is 1. The van der Waals surface area contributed by atoms with Crippen LogP contribution in [0.15, 0.2) is 35.1 Å². The molecule has 0 amide bonds. The van der Waals surface area contributed by atoms with E-state index in [1.165, 1.54) is 5.56 Å². The number of benzene rings is 1. The topological polar surface area (TPSA) is 37.8 Å². The van der Waals surface area contributed by atoms with Crippen molar-refractivity contribution in [2.75, 3.05) is 5.32 Å². The maximum atomic E-state index is 4.39. The molecule has 1 atom stereocenters. The van der Waals surface area contributed by atoms with Gasteiger partial charge in [0.2, 0.25) is 0 Å². The first-order valence-electron chi connectivity index (χ1n) is 5.88. The molecular weight excluding hydrogens is 290 g/mol. The van der Waals surface area contributed by atoms with Gasteiger partial charge in [-0.05, 0) is 44.5 Å². The Labute approximate surface area is 116 Å². The molecule has 1 aromatic heterocycles. The van der Waals surface area contributed by atoms with Gasteiger partial charge < -0.3 is 5.32 Å². The summed E-state index contributed by atoms with van der Waals surface area (Å²) in [5.41, 5.74) is 4.28. The predicted octanol–water partition coefficient (Wildman–Crippen LogP) is 4.03. The molecule has 0 saturated carbocycles. The van der Waals surface area contributed by atoms with Crippen LogP contribution in [0.5, 0.6) is 0 Å². The molecule has 0 spiro atoms. The lowest BCUT2D eigenvalue weighted by Gasteiger charge is -2.17. The zero-order chi connectivity index (χ0) is 13.1. The highest BCUT2D eigenvalue weighted by Gasteiger charge is 2.11. The van der Waals surface area contributed by atoms with Gasteiger partial charge in [-0.1, -0.05) is 15.9 Å². The number of rotatable bonds is 3. The Morgan fingerprint density at radius 2 is 1.89 bits per heavy atom. The van der Waals surface area contributed by atoms with Crippen molar-refractivity contribution in [1.82, 2.24) is 9.97 Å². The SMILES string of the molecule is Cc1cc(Br)ccc1NC(C)c1nccnc1C. The fraction of sp³-hybridized carbons (Fsp3) is 0.286. The second-order valence-corrected chi connectivity index (χ2v) is 5.27. The highest BCUT2D eigenvalue weighted by atomic mass is 79.9. The molecule has 3 nitrogen and oxygen atoms in total. The third-order valence-corrected chi connectivity index (χ3v) is 3.38.